The van der Waals surface area contributed by atoms with E-state index in [1.54, 1.807) is 42.5 Å². The maximum absolute atomic E-state index is 12.6. The van der Waals surface area contributed by atoms with Gasteiger partial charge >= 0.3 is 6.03 Å². The molecule has 3 aromatic rings. The first kappa shape index (κ1) is 18.8. The summed E-state index contributed by atoms with van der Waals surface area (Å²) in [5.74, 6) is 0.542. The third kappa shape index (κ3) is 3.58. The topological polar surface area (TPSA) is 62.6 Å². The molecule has 0 radical (unpaired) electrons. The van der Waals surface area contributed by atoms with E-state index in [-0.39, 0.29) is 5.70 Å². The van der Waals surface area contributed by atoms with Crippen molar-refractivity contribution in [2.75, 3.05) is 4.90 Å². The Balaban J connectivity index is 1.60. The number of carbonyl (C=O) groups is 2. The van der Waals surface area contributed by atoms with E-state index in [4.69, 9.17) is 27.6 Å². The van der Waals surface area contributed by atoms with Crippen molar-refractivity contribution in [3.05, 3.63) is 80.6 Å². The van der Waals surface area contributed by atoms with Crippen LogP contribution in [-0.4, -0.2) is 11.9 Å². The lowest BCUT2D eigenvalue weighted by molar-refractivity contribution is -0.113. The first-order valence-electron chi connectivity index (χ1n) is 8.10. The summed E-state index contributed by atoms with van der Waals surface area (Å²) < 4.78 is 6.56. The summed E-state index contributed by atoms with van der Waals surface area (Å²) in [6, 6.07) is 14.8. The van der Waals surface area contributed by atoms with Gasteiger partial charge in [0.25, 0.3) is 5.91 Å². The zero-order chi connectivity index (χ0) is 19.8. The second-order valence-electron chi connectivity index (χ2n) is 5.94. The van der Waals surface area contributed by atoms with E-state index in [0.717, 1.165) is 14.9 Å². The van der Waals surface area contributed by atoms with Crippen molar-refractivity contribution < 1.29 is 14.0 Å². The molecule has 0 spiro atoms. The fourth-order valence-electron chi connectivity index (χ4n) is 2.74. The van der Waals surface area contributed by atoms with Gasteiger partial charge in [-0.15, -0.1) is 0 Å². The zero-order valence-corrected chi connectivity index (χ0v) is 17.2. The Hall–Kier alpha value is -2.54. The van der Waals surface area contributed by atoms with Crippen LogP contribution in [0.5, 0.6) is 0 Å². The number of benzene rings is 2. The molecule has 1 aliphatic heterocycles. The summed E-state index contributed by atoms with van der Waals surface area (Å²) in [6.07, 6.45) is 1.49. The highest BCUT2D eigenvalue weighted by Gasteiger charge is 2.35. The molecule has 0 saturated carbocycles. The predicted molar refractivity (Wildman–Crippen MR) is 112 cm³/mol. The SMILES string of the molecule is O=C1N/C(=C/c2ccc(-c3ccc(Br)c(Cl)c3)o2)C(=O)N1c1ccc(Cl)cc1. The minimum Gasteiger partial charge on any atom is -0.457 e. The normalized spacial score (nSPS) is 15.4. The monoisotopic (exact) mass is 476 g/mol. The number of halogens is 3. The fourth-order valence-corrected chi connectivity index (χ4v) is 3.29. The second kappa shape index (κ2) is 7.47. The van der Waals surface area contributed by atoms with Gasteiger partial charge in [0.15, 0.2) is 0 Å². The number of nitrogens with zero attached hydrogens (tertiary/aromatic N) is 1. The van der Waals surface area contributed by atoms with Crippen LogP contribution in [0.25, 0.3) is 17.4 Å². The van der Waals surface area contributed by atoms with Crippen LogP contribution in [0.2, 0.25) is 10.0 Å². The number of hydrogen-bond donors (Lipinski definition) is 1. The van der Waals surface area contributed by atoms with Crippen LogP contribution in [0.4, 0.5) is 10.5 Å². The van der Waals surface area contributed by atoms with Crippen LogP contribution in [0.3, 0.4) is 0 Å². The summed E-state index contributed by atoms with van der Waals surface area (Å²) in [7, 11) is 0. The van der Waals surface area contributed by atoms with Crippen molar-refractivity contribution in [3.8, 4) is 11.3 Å². The maximum atomic E-state index is 12.6. The molecule has 1 fully saturated rings. The highest BCUT2D eigenvalue weighted by atomic mass is 79.9. The molecule has 28 heavy (non-hydrogen) atoms. The van der Waals surface area contributed by atoms with Gasteiger partial charge < -0.3 is 9.73 Å². The molecule has 0 bridgehead atoms. The number of carbonyl (C=O) groups excluding carboxylic acids is 2. The van der Waals surface area contributed by atoms with Gasteiger partial charge in [-0.25, -0.2) is 9.69 Å². The molecule has 2 aromatic carbocycles. The van der Waals surface area contributed by atoms with Crippen molar-refractivity contribution in [3.63, 3.8) is 0 Å². The number of furan rings is 1. The lowest BCUT2D eigenvalue weighted by Crippen LogP contribution is -2.30. The van der Waals surface area contributed by atoms with Crippen molar-refractivity contribution in [2.45, 2.75) is 0 Å². The lowest BCUT2D eigenvalue weighted by Gasteiger charge is -2.11. The maximum Gasteiger partial charge on any atom is 0.333 e. The van der Waals surface area contributed by atoms with Crippen molar-refractivity contribution >= 4 is 62.8 Å². The summed E-state index contributed by atoms with van der Waals surface area (Å²) >= 11 is 15.3. The van der Waals surface area contributed by atoms with Crippen LogP contribution in [0.1, 0.15) is 5.76 Å². The Labute approximate surface area is 178 Å². The molecule has 5 nitrogen and oxygen atoms in total. The third-order valence-corrected chi connectivity index (χ3v) is 5.56. The molecule has 1 aromatic heterocycles. The van der Waals surface area contributed by atoms with Gasteiger partial charge in [-0.2, -0.15) is 0 Å². The molecule has 140 valence electrons. The molecule has 0 atom stereocenters. The Morgan fingerprint density at radius 2 is 1.75 bits per heavy atom. The van der Waals surface area contributed by atoms with Gasteiger partial charge in [0.2, 0.25) is 0 Å². The molecule has 0 unspecified atom stereocenters. The molecular formula is C20H11BrCl2N2O3. The highest BCUT2D eigenvalue weighted by molar-refractivity contribution is 9.10. The van der Waals surface area contributed by atoms with Crippen LogP contribution in [0.15, 0.2) is 69.2 Å². The first-order chi connectivity index (χ1) is 13.4. The molecule has 8 heteroatoms. The van der Waals surface area contributed by atoms with Crippen molar-refractivity contribution in [1.29, 1.82) is 0 Å². The molecule has 1 N–H and O–H groups in total. The number of anilines is 1. The number of urea groups is 1. The molecule has 2 heterocycles. The van der Waals surface area contributed by atoms with E-state index in [2.05, 4.69) is 21.2 Å². The number of imide groups is 1. The number of nitrogens with one attached hydrogen (secondary N) is 1. The van der Waals surface area contributed by atoms with Crippen molar-refractivity contribution in [1.82, 2.24) is 5.32 Å². The molecule has 3 amide bonds. The zero-order valence-electron chi connectivity index (χ0n) is 14.1. The van der Waals surface area contributed by atoms with E-state index < -0.39 is 11.9 Å². The minimum absolute atomic E-state index is 0.120. The Morgan fingerprint density at radius 3 is 2.46 bits per heavy atom. The van der Waals surface area contributed by atoms with Gasteiger partial charge in [0.05, 0.1) is 10.7 Å². The van der Waals surface area contributed by atoms with Gasteiger partial charge in [-0.1, -0.05) is 29.3 Å². The highest BCUT2D eigenvalue weighted by Crippen LogP contribution is 2.31. The van der Waals surface area contributed by atoms with Crippen LogP contribution in [-0.2, 0) is 4.79 Å². The average molecular weight is 478 g/mol. The summed E-state index contributed by atoms with van der Waals surface area (Å²) in [4.78, 5) is 25.9. The molecule has 1 aliphatic rings. The van der Waals surface area contributed by atoms with E-state index in [1.807, 2.05) is 12.1 Å². The van der Waals surface area contributed by atoms with Gasteiger partial charge in [-0.3, -0.25) is 4.79 Å². The van der Waals surface area contributed by atoms with Gasteiger partial charge in [0, 0.05) is 21.1 Å². The summed E-state index contributed by atoms with van der Waals surface area (Å²) in [5.41, 5.74) is 1.34. The predicted octanol–water partition coefficient (Wildman–Crippen LogP) is 6.11. The first-order valence-corrected chi connectivity index (χ1v) is 9.65. The Kier molecular flexibility index (Phi) is 5.02. The van der Waals surface area contributed by atoms with E-state index in [9.17, 15) is 9.59 Å². The molecule has 0 aliphatic carbocycles. The number of rotatable bonds is 3. The lowest BCUT2D eigenvalue weighted by atomic mass is 10.2. The van der Waals surface area contributed by atoms with E-state index in [0.29, 0.717) is 27.3 Å². The Morgan fingerprint density at radius 1 is 1.00 bits per heavy atom. The summed E-state index contributed by atoms with van der Waals surface area (Å²) in [5, 5.41) is 3.64. The number of amides is 3. The fraction of sp³-hybridized carbons (Fsp3) is 0. The number of hydrogen-bond acceptors (Lipinski definition) is 3. The van der Waals surface area contributed by atoms with E-state index >= 15 is 0 Å². The Bertz CT molecular complexity index is 1120. The minimum atomic E-state index is -0.537. The van der Waals surface area contributed by atoms with Crippen molar-refractivity contribution in [2.24, 2.45) is 0 Å². The average Bonchev–Trinajstić information content (AvgIpc) is 3.24. The van der Waals surface area contributed by atoms with Gasteiger partial charge in [0.1, 0.15) is 17.2 Å². The smallest absolute Gasteiger partial charge is 0.333 e. The molecular weight excluding hydrogens is 467 g/mol. The third-order valence-electron chi connectivity index (χ3n) is 4.08. The van der Waals surface area contributed by atoms with E-state index in [1.165, 1.54) is 6.08 Å². The van der Waals surface area contributed by atoms with Crippen LogP contribution in [0, 0.1) is 0 Å². The largest absolute Gasteiger partial charge is 0.457 e. The second-order valence-corrected chi connectivity index (χ2v) is 7.63. The summed E-state index contributed by atoms with van der Waals surface area (Å²) in [6.45, 7) is 0. The standard InChI is InChI=1S/C20H11BrCl2N2O3/c21-15-7-1-11(9-16(15)23)18-8-6-14(28-18)10-17-19(26)25(20(27)24-17)13-4-2-12(22)3-5-13/h1-10H,(H,24,27)/b17-10+. The van der Waals surface area contributed by atoms with Crippen LogP contribution < -0.4 is 10.2 Å². The quantitative estimate of drug-likeness (QED) is 0.365. The van der Waals surface area contributed by atoms with Gasteiger partial charge in [-0.05, 0) is 64.5 Å². The molecule has 4 rings (SSSR count). The van der Waals surface area contributed by atoms with Crippen LogP contribution >= 0.6 is 39.1 Å². The molecule has 1 saturated heterocycles.